The largest absolute Gasteiger partial charge is 0.381 e. The van der Waals surface area contributed by atoms with Gasteiger partial charge in [-0.25, -0.2) is 0 Å². The van der Waals surface area contributed by atoms with E-state index in [0.29, 0.717) is 0 Å². The number of benzene rings is 1. The van der Waals surface area contributed by atoms with Crippen molar-refractivity contribution in [2.24, 2.45) is 5.92 Å². The zero-order valence-corrected chi connectivity index (χ0v) is 10.5. The molecular formula is C15H19NO2. The molecule has 1 saturated heterocycles. The van der Waals surface area contributed by atoms with Gasteiger partial charge in [-0.1, -0.05) is 24.3 Å². The van der Waals surface area contributed by atoms with Crippen LogP contribution < -0.4 is 5.32 Å². The molecule has 0 bridgehead atoms. The highest BCUT2D eigenvalue weighted by molar-refractivity contribution is 5.79. The van der Waals surface area contributed by atoms with E-state index in [4.69, 9.17) is 4.74 Å². The molecule has 1 heterocycles. The fraction of sp³-hybridized carbons (Fsp3) is 0.533. The molecule has 1 N–H and O–H groups in total. The van der Waals surface area contributed by atoms with E-state index >= 15 is 0 Å². The Morgan fingerprint density at radius 3 is 2.78 bits per heavy atom. The van der Waals surface area contributed by atoms with Gasteiger partial charge in [-0.2, -0.15) is 0 Å². The zero-order chi connectivity index (χ0) is 12.4. The van der Waals surface area contributed by atoms with Crippen molar-refractivity contribution in [3.05, 3.63) is 35.4 Å². The molecular weight excluding hydrogens is 226 g/mol. The van der Waals surface area contributed by atoms with E-state index in [2.05, 4.69) is 29.6 Å². The third-order valence-electron chi connectivity index (χ3n) is 4.04. The van der Waals surface area contributed by atoms with Crippen molar-refractivity contribution >= 4 is 5.91 Å². The summed E-state index contributed by atoms with van der Waals surface area (Å²) in [5.41, 5.74) is 2.69. The summed E-state index contributed by atoms with van der Waals surface area (Å²) in [5.74, 6) is 0.353. The fourth-order valence-corrected chi connectivity index (χ4v) is 2.96. The first-order valence-electron chi connectivity index (χ1n) is 6.80. The number of aryl methyl sites for hydroxylation is 1. The van der Waals surface area contributed by atoms with Gasteiger partial charge in [0.15, 0.2) is 0 Å². The molecule has 2 aliphatic rings. The minimum absolute atomic E-state index is 0.145. The Hall–Kier alpha value is -1.35. The number of rotatable bonds is 2. The lowest BCUT2D eigenvalue weighted by Crippen LogP contribution is -2.36. The molecule has 0 saturated carbocycles. The van der Waals surface area contributed by atoms with Crippen molar-refractivity contribution in [2.45, 2.75) is 31.7 Å². The van der Waals surface area contributed by atoms with Crippen molar-refractivity contribution in [3.8, 4) is 0 Å². The number of hydrogen-bond acceptors (Lipinski definition) is 2. The highest BCUT2D eigenvalue weighted by Crippen LogP contribution is 2.31. The van der Waals surface area contributed by atoms with Crippen molar-refractivity contribution in [3.63, 3.8) is 0 Å². The molecule has 1 aliphatic heterocycles. The average Bonchev–Trinajstić information content (AvgIpc) is 2.83. The highest BCUT2D eigenvalue weighted by atomic mass is 16.5. The van der Waals surface area contributed by atoms with Crippen LogP contribution in [0.3, 0.4) is 0 Å². The van der Waals surface area contributed by atoms with E-state index in [1.807, 2.05) is 0 Å². The van der Waals surface area contributed by atoms with E-state index in [9.17, 15) is 4.79 Å². The fourth-order valence-electron chi connectivity index (χ4n) is 2.96. The van der Waals surface area contributed by atoms with E-state index < -0.39 is 0 Å². The molecule has 1 fully saturated rings. The Morgan fingerprint density at radius 2 is 1.94 bits per heavy atom. The monoisotopic (exact) mass is 245 g/mol. The van der Waals surface area contributed by atoms with E-state index in [1.165, 1.54) is 11.1 Å². The van der Waals surface area contributed by atoms with Gasteiger partial charge in [0.25, 0.3) is 0 Å². The summed E-state index contributed by atoms with van der Waals surface area (Å²) in [6.07, 6.45) is 3.84. The van der Waals surface area contributed by atoms with Gasteiger partial charge in [-0.3, -0.25) is 4.79 Å². The van der Waals surface area contributed by atoms with Gasteiger partial charge in [0.2, 0.25) is 5.91 Å². The molecule has 3 nitrogen and oxygen atoms in total. The van der Waals surface area contributed by atoms with Crippen molar-refractivity contribution in [1.82, 2.24) is 5.32 Å². The minimum atomic E-state index is 0.145. The second kappa shape index (κ2) is 5.11. The van der Waals surface area contributed by atoms with Crippen LogP contribution in [0.15, 0.2) is 24.3 Å². The van der Waals surface area contributed by atoms with E-state index in [-0.39, 0.29) is 17.9 Å². The SMILES string of the molecule is O=C(NC1CCc2ccccc21)C1CCOCC1. The molecule has 3 rings (SSSR count). The maximum atomic E-state index is 12.2. The first-order valence-corrected chi connectivity index (χ1v) is 6.80. The maximum Gasteiger partial charge on any atom is 0.223 e. The van der Waals surface area contributed by atoms with Gasteiger partial charge >= 0.3 is 0 Å². The van der Waals surface area contributed by atoms with Crippen LogP contribution in [0, 0.1) is 5.92 Å². The van der Waals surface area contributed by atoms with Crippen molar-refractivity contribution in [1.29, 1.82) is 0 Å². The number of nitrogens with one attached hydrogen (secondary N) is 1. The summed E-state index contributed by atoms with van der Waals surface area (Å²) >= 11 is 0. The van der Waals surface area contributed by atoms with Gasteiger partial charge in [0.1, 0.15) is 0 Å². The Morgan fingerprint density at radius 1 is 1.17 bits per heavy atom. The Balaban J connectivity index is 1.65. The van der Waals surface area contributed by atoms with Crippen LogP contribution in [0.1, 0.15) is 36.4 Å². The van der Waals surface area contributed by atoms with Crippen LogP contribution >= 0.6 is 0 Å². The lowest BCUT2D eigenvalue weighted by molar-refractivity contribution is -0.128. The summed E-state index contributed by atoms with van der Waals surface area (Å²) in [6.45, 7) is 1.44. The molecule has 3 heteroatoms. The molecule has 96 valence electrons. The zero-order valence-electron chi connectivity index (χ0n) is 10.5. The molecule has 1 atom stereocenters. The summed E-state index contributed by atoms with van der Waals surface area (Å²) < 4.78 is 5.30. The van der Waals surface area contributed by atoms with Gasteiger partial charge < -0.3 is 10.1 Å². The van der Waals surface area contributed by atoms with Crippen LogP contribution in [-0.4, -0.2) is 19.1 Å². The lowest BCUT2D eigenvalue weighted by atomic mass is 9.98. The smallest absolute Gasteiger partial charge is 0.223 e. The van der Waals surface area contributed by atoms with Gasteiger partial charge in [-0.05, 0) is 36.8 Å². The number of amides is 1. The molecule has 1 amide bonds. The predicted molar refractivity (Wildman–Crippen MR) is 69.2 cm³/mol. The minimum Gasteiger partial charge on any atom is -0.381 e. The number of carbonyl (C=O) groups excluding carboxylic acids is 1. The lowest BCUT2D eigenvalue weighted by Gasteiger charge is -2.23. The standard InChI is InChI=1S/C15H19NO2/c17-15(12-7-9-18-10-8-12)16-14-6-5-11-3-1-2-4-13(11)14/h1-4,12,14H,5-10H2,(H,16,17). The van der Waals surface area contributed by atoms with Gasteiger partial charge in [-0.15, -0.1) is 0 Å². The first-order chi connectivity index (χ1) is 8.84. The predicted octanol–water partition coefficient (Wildman–Crippen LogP) is 2.22. The Kier molecular flexibility index (Phi) is 3.33. The quantitative estimate of drug-likeness (QED) is 0.867. The summed E-state index contributed by atoms with van der Waals surface area (Å²) in [6, 6.07) is 8.64. The number of fused-ring (bicyclic) bond motifs is 1. The van der Waals surface area contributed by atoms with Gasteiger partial charge in [0, 0.05) is 19.1 Å². The third kappa shape index (κ3) is 2.27. The third-order valence-corrected chi connectivity index (χ3v) is 4.04. The number of ether oxygens (including phenoxy) is 1. The van der Waals surface area contributed by atoms with Crippen molar-refractivity contribution < 1.29 is 9.53 Å². The van der Waals surface area contributed by atoms with E-state index in [1.54, 1.807) is 0 Å². The maximum absolute atomic E-state index is 12.2. The van der Waals surface area contributed by atoms with Crippen LogP contribution in [0.25, 0.3) is 0 Å². The molecule has 0 aromatic heterocycles. The van der Waals surface area contributed by atoms with Crippen LogP contribution in [-0.2, 0) is 16.0 Å². The second-order valence-corrected chi connectivity index (χ2v) is 5.19. The molecule has 18 heavy (non-hydrogen) atoms. The van der Waals surface area contributed by atoms with E-state index in [0.717, 1.165) is 38.9 Å². The van der Waals surface area contributed by atoms with Crippen LogP contribution in [0.2, 0.25) is 0 Å². The number of hydrogen-bond donors (Lipinski definition) is 1. The molecule has 0 radical (unpaired) electrons. The summed E-state index contributed by atoms with van der Waals surface area (Å²) in [4.78, 5) is 12.2. The normalized spacial score (nSPS) is 23.7. The Labute approximate surface area is 108 Å². The van der Waals surface area contributed by atoms with Crippen LogP contribution in [0.5, 0.6) is 0 Å². The molecule has 1 aromatic carbocycles. The molecule has 0 spiro atoms. The number of carbonyl (C=O) groups is 1. The molecule has 1 aromatic rings. The Bertz CT molecular complexity index is 438. The van der Waals surface area contributed by atoms with Gasteiger partial charge in [0.05, 0.1) is 6.04 Å². The first kappa shape index (κ1) is 11.7. The molecule has 1 aliphatic carbocycles. The average molecular weight is 245 g/mol. The second-order valence-electron chi connectivity index (χ2n) is 5.19. The molecule has 1 unspecified atom stereocenters. The summed E-state index contributed by atoms with van der Waals surface area (Å²) in [7, 11) is 0. The topological polar surface area (TPSA) is 38.3 Å². The van der Waals surface area contributed by atoms with Crippen molar-refractivity contribution in [2.75, 3.05) is 13.2 Å². The van der Waals surface area contributed by atoms with Crippen LogP contribution in [0.4, 0.5) is 0 Å². The highest BCUT2D eigenvalue weighted by Gasteiger charge is 2.27. The summed E-state index contributed by atoms with van der Waals surface area (Å²) in [5, 5.41) is 3.21.